The fraction of sp³-hybridized carbons (Fsp3) is 1.00. The van der Waals surface area contributed by atoms with Gasteiger partial charge >= 0.3 is 0 Å². The highest BCUT2D eigenvalue weighted by molar-refractivity contribution is 8.04. The van der Waals surface area contributed by atoms with Gasteiger partial charge in [-0.3, -0.25) is 0 Å². The summed E-state index contributed by atoms with van der Waals surface area (Å²) < 4.78 is 0. The van der Waals surface area contributed by atoms with Crippen molar-refractivity contribution in [3.8, 4) is 0 Å². The maximum Gasteiger partial charge on any atom is 0.0886 e. The summed E-state index contributed by atoms with van der Waals surface area (Å²) in [5.41, 5.74) is 1.06. The van der Waals surface area contributed by atoms with Crippen LogP contribution in [0.15, 0.2) is 0 Å². The van der Waals surface area contributed by atoms with Gasteiger partial charge in [0.2, 0.25) is 0 Å². The lowest BCUT2D eigenvalue weighted by Gasteiger charge is -2.41. The van der Waals surface area contributed by atoms with E-state index in [9.17, 15) is 0 Å². The van der Waals surface area contributed by atoms with Gasteiger partial charge in [0.1, 0.15) is 0 Å². The van der Waals surface area contributed by atoms with Gasteiger partial charge in [0.15, 0.2) is 0 Å². The molecule has 1 rings (SSSR count). The highest BCUT2D eigenvalue weighted by atomic mass is 35.9. The van der Waals surface area contributed by atoms with Crippen LogP contribution in [-0.4, -0.2) is 5.66 Å². The van der Waals surface area contributed by atoms with Crippen molar-refractivity contribution in [3.05, 3.63) is 0 Å². The molecule has 0 aromatic heterocycles. The molecule has 13 heavy (non-hydrogen) atoms. The predicted octanol–water partition coefficient (Wildman–Crippen LogP) is 5.38. The molecule has 1 aliphatic carbocycles. The lowest BCUT2D eigenvalue weighted by atomic mass is 9.68. The zero-order valence-corrected chi connectivity index (χ0v) is 11.1. The Kier molecular flexibility index (Phi) is 4.36. The van der Waals surface area contributed by atoms with Crippen LogP contribution in [0.1, 0.15) is 46.5 Å². The first kappa shape index (κ1) is 12.1. The van der Waals surface area contributed by atoms with E-state index in [0.29, 0.717) is 11.1 Å². The van der Waals surface area contributed by atoms with Crippen molar-refractivity contribution in [2.75, 3.05) is 0 Å². The average Bonchev–Trinajstić information content (AvgIpc) is 2.04. The van der Waals surface area contributed by atoms with E-state index < -0.39 is 6.63 Å². The van der Waals surface area contributed by atoms with Crippen molar-refractivity contribution in [2.45, 2.75) is 52.1 Å². The second kappa shape index (κ2) is 4.69. The lowest BCUT2D eigenvalue weighted by Crippen LogP contribution is -2.31. The Balaban J connectivity index is 2.60. The van der Waals surface area contributed by atoms with Gasteiger partial charge in [-0.2, -0.15) is 0 Å². The van der Waals surface area contributed by atoms with Crippen LogP contribution in [0.5, 0.6) is 0 Å². The van der Waals surface area contributed by atoms with E-state index in [-0.39, 0.29) is 0 Å². The van der Waals surface area contributed by atoms with Gasteiger partial charge < -0.3 is 0 Å². The Bertz CT molecular complexity index is 170. The zero-order chi connectivity index (χ0) is 10.1. The fourth-order valence-corrected chi connectivity index (χ4v) is 4.11. The van der Waals surface area contributed by atoms with E-state index in [1.54, 1.807) is 0 Å². The van der Waals surface area contributed by atoms with Gasteiger partial charge in [0, 0.05) is 5.66 Å². The Hall–Kier alpha value is 1.01. The largest absolute Gasteiger partial charge is 0.0886 e. The second-order valence-corrected chi connectivity index (χ2v) is 8.77. The van der Waals surface area contributed by atoms with Crippen molar-refractivity contribution in [1.29, 1.82) is 0 Å². The smallest absolute Gasteiger partial charge is 0.0778 e. The Morgan fingerprint density at radius 3 is 2.46 bits per heavy atom. The van der Waals surface area contributed by atoms with Crippen molar-refractivity contribution >= 4 is 29.1 Å². The molecule has 0 nitrogen and oxygen atoms in total. The monoisotopic (exact) mass is 240 g/mol. The fourth-order valence-electron chi connectivity index (χ4n) is 2.17. The standard InChI is InChI=1S/C10H19Cl2P/c1-8(2)10(3)6-4-5-9(7-10)13(11)12/h8-9H,4-7H2,1-3H3. The summed E-state index contributed by atoms with van der Waals surface area (Å²) in [4.78, 5) is 0. The van der Waals surface area contributed by atoms with E-state index in [4.69, 9.17) is 22.5 Å². The molecule has 3 heteroatoms. The first-order valence-electron chi connectivity index (χ1n) is 5.06. The normalized spacial score (nSPS) is 35.8. The SMILES string of the molecule is CC(C)C1(C)CCCC(P(Cl)Cl)C1. The molecule has 0 aromatic rings. The molecule has 0 heterocycles. The highest BCUT2D eigenvalue weighted by Crippen LogP contribution is 2.59. The molecule has 0 radical (unpaired) electrons. The van der Waals surface area contributed by atoms with Gasteiger partial charge in [0.05, 0.1) is 6.63 Å². The average molecular weight is 241 g/mol. The molecule has 0 aromatic carbocycles. The molecule has 0 saturated heterocycles. The molecule has 2 atom stereocenters. The first-order chi connectivity index (χ1) is 5.96. The molecule has 0 N–H and O–H groups in total. The van der Waals surface area contributed by atoms with Gasteiger partial charge in [-0.1, -0.05) is 49.7 Å². The van der Waals surface area contributed by atoms with Crippen molar-refractivity contribution in [1.82, 2.24) is 0 Å². The van der Waals surface area contributed by atoms with E-state index in [1.807, 2.05) is 0 Å². The number of halogens is 2. The van der Waals surface area contributed by atoms with Crippen LogP contribution in [0.2, 0.25) is 0 Å². The van der Waals surface area contributed by atoms with Gasteiger partial charge in [-0.25, -0.2) is 0 Å². The summed E-state index contributed by atoms with van der Waals surface area (Å²) in [6.07, 6.45) is 5.11. The van der Waals surface area contributed by atoms with Gasteiger partial charge in [-0.05, 0) is 30.6 Å². The molecular formula is C10H19Cl2P. The van der Waals surface area contributed by atoms with Gasteiger partial charge in [0.25, 0.3) is 0 Å². The van der Waals surface area contributed by atoms with Crippen LogP contribution in [-0.2, 0) is 0 Å². The summed E-state index contributed by atoms with van der Waals surface area (Å²) in [5.74, 6) is 0.749. The van der Waals surface area contributed by atoms with E-state index in [1.165, 1.54) is 25.7 Å². The topological polar surface area (TPSA) is 0 Å². The van der Waals surface area contributed by atoms with E-state index >= 15 is 0 Å². The minimum Gasteiger partial charge on any atom is -0.0778 e. The zero-order valence-electron chi connectivity index (χ0n) is 8.69. The minimum absolute atomic E-state index is 0.479. The molecule has 1 fully saturated rings. The van der Waals surface area contributed by atoms with E-state index in [2.05, 4.69) is 20.8 Å². The Morgan fingerprint density at radius 2 is 2.00 bits per heavy atom. The molecule has 78 valence electrons. The molecular weight excluding hydrogens is 222 g/mol. The lowest BCUT2D eigenvalue weighted by molar-refractivity contribution is 0.147. The van der Waals surface area contributed by atoms with Crippen LogP contribution in [0.3, 0.4) is 0 Å². The third-order valence-corrected chi connectivity index (χ3v) is 6.31. The third-order valence-electron chi connectivity index (χ3n) is 3.66. The van der Waals surface area contributed by atoms with Crippen LogP contribution in [0, 0.1) is 11.3 Å². The number of hydrogen-bond donors (Lipinski definition) is 0. The summed E-state index contributed by atoms with van der Waals surface area (Å²) in [7, 11) is 0. The Morgan fingerprint density at radius 1 is 1.38 bits per heavy atom. The highest BCUT2D eigenvalue weighted by Gasteiger charge is 2.36. The predicted molar refractivity (Wildman–Crippen MR) is 63.8 cm³/mol. The summed E-state index contributed by atoms with van der Waals surface area (Å²) in [6, 6.07) is 0. The minimum atomic E-state index is -0.757. The van der Waals surface area contributed by atoms with Crippen molar-refractivity contribution in [2.24, 2.45) is 11.3 Å². The molecule has 2 unspecified atom stereocenters. The van der Waals surface area contributed by atoms with Crippen LogP contribution in [0.25, 0.3) is 0 Å². The Labute approximate surface area is 92.7 Å². The van der Waals surface area contributed by atoms with E-state index in [0.717, 1.165) is 5.92 Å². The van der Waals surface area contributed by atoms with Crippen LogP contribution in [0.4, 0.5) is 0 Å². The second-order valence-electron chi connectivity index (χ2n) is 4.82. The molecule has 0 aliphatic heterocycles. The first-order valence-corrected chi connectivity index (χ1v) is 8.28. The molecule has 1 saturated carbocycles. The van der Waals surface area contributed by atoms with Crippen LogP contribution >= 0.6 is 29.1 Å². The number of rotatable bonds is 2. The molecule has 0 bridgehead atoms. The summed E-state index contributed by atoms with van der Waals surface area (Å²) in [6.45, 7) is 6.25. The van der Waals surface area contributed by atoms with Crippen LogP contribution < -0.4 is 0 Å². The van der Waals surface area contributed by atoms with Crippen molar-refractivity contribution < 1.29 is 0 Å². The van der Waals surface area contributed by atoms with Gasteiger partial charge in [-0.15, -0.1) is 0 Å². The maximum atomic E-state index is 6.02. The summed E-state index contributed by atoms with van der Waals surface area (Å²) >= 11 is 12.0. The number of hydrogen-bond acceptors (Lipinski definition) is 0. The molecule has 0 amide bonds. The quantitative estimate of drug-likeness (QED) is 0.569. The van der Waals surface area contributed by atoms with Crippen molar-refractivity contribution in [3.63, 3.8) is 0 Å². The third kappa shape index (κ3) is 2.98. The molecule has 1 aliphatic rings. The molecule has 0 spiro atoms. The summed E-state index contributed by atoms with van der Waals surface area (Å²) in [5, 5.41) is 0. The maximum absolute atomic E-state index is 6.02.